The second-order valence-corrected chi connectivity index (χ2v) is 5.43. The van der Waals surface area contributed by atoms with Crippen LogP contribution in [0.15, 0.2) is 12.1 Å². The molecule has 0 saturated carbocycles. The molecule has 1 aromatic rings. The monoisotopic (exact) mass is 265 g/mol. The number of nitrogens with one attached hydrogen (secondary N) is 1. The standard InChI is InChI=1S/C16H27NO2/c1-8-17-15(16(4,5)19-7)13-10-9-11(2)12(3)14(13)18-6/h9-10,15,17H,8H2,1-7H3. The molecule has 1 aromatic carbocycles. The van der Waals surface area contributed by atoms with Gasteiger partial charge in [-0.3, -0.25) is 0 Å². The molecule has 0 radical (unpaired) electrons. The van der Waals surface area contributed by atoms with Crippen LogP contribution in [-0.2, 0) is 4.74 Å². The maximum atomic E-state index is 5.66. The molecule has 0 fully saturated rings. The van der Waals surface area contributed by atoms with Crippen molar-refractivity contribution < 1.29 is 9.47 Å². The lowest BCUT2D eigenvalue weighted by molar-refractivity contribution is -0.0113. The number of likely N-dealkylation sites (N-methyl/N-ethyl adjacent to an activating group) is 1. The lowest BCUT2D eigenvalue weighted by Crippen LogP contribution is -2.41. The van der Waals surface area contributed by atoms with Gasteiger partial charge in [0, 0.05) is 12.7 Å². The summed E-state index contributed by atoms with van der Waals surface area (Å²) in [5, 5.41) is 3.51. The Labute approximate surface area is 117 Å². The Balaban J connectivity index is 3.35. The molecular weight excluding hydrogens is 238 g/mol. The summed E-state index contributed by atoms with van der Waals surface area (Å²) in [7, 11) is 3.48. The number of hydrogen-bond acceptors (Lipinski definition) is 3. The molecule has 1 N–H and O–H groups in total. The van der Waals surface area contributed by atoms with Crippen LogP contribution in [0.4, 0.5) is 0 Å². The van der Waals surface area contributed by atoms with Crippen LogP contribution in [0.2, 0.25) is 0 Å². The number of rotatable bonds is 6. The van der Waals surface area contributed by atoms with Gasteiger partial charge >= 0.3 is 0 Å². The molecule has 3 heteroatoms. The molecule has 108 valence electrons. The van der Waals surface area contributed by atoms with Crippen molar-refractivity contribution in [3.8, 4) is 5.75 Å². The van der Waals surface area contributed by atoms with Gasteiger partial charge in [-0.2, -0.15) is 0 Å². The normalized spacial score (nSPS) is 13.4. The van der Waals surface area contributed by atoms with Gasteiger partial charge in [0.1, 0.15) is 5.75 Å². The minimum atomic E-state index is -0.301. The molecule has 0 amide bonds. The number of aryl methyl sites for hydroxylation is 1. The topological polar surface area (TPSA) is 30.5 Å². The largest absolute Gasteiger partial charge is 0.496 e. The maximum Gasteiger partial charge on any atom is 0.126 e. The predicted molar refractivity (Wildman–Crippen MR) is 80.0 cm³/mol. The van der Waals surface area contributed by atoms with Crippen molar-refractivity contribution in [3.05, 3.63) is 28.8 Å². The first-order valence-electron chi connectivity index (χ1n) is 6.81. The van der Waals surface area contributed by atoms with E-state index in [-0.39, 0.29) is 11.6 Å². The lowest BCUT2D eigenvalue weighted by atomic mass is 9.88. The molecule has 0 heterocycles. The zero-order chi connectivity index (χ0) is 14.6. The van der Waals surface area contributed by atoms with Gasteiger partial charge in [0.25, 0.3) is 0 Å². The Morgan fingerprint density at radius 3 is 2.32 bits per heavy atom. The first-order valence-corrected chi connectivity index (χ1v) is 6.81. The zero-order valence-electron chi connectivity index (χ0n) is 13.3. The smallest absolute Gasteiger partial charge is 0.126 e. The molecule has 1 unspecified atom stereocenters. The first kappa shape index (κ1) is 16.0. The van der Waals surface area contributed by atoms with Crippen LogP contribution in [-0.4, -0.2) is 26.4 Å². The van der Waals surface area contributed by atoms with E-state index in [1.54, 1.807) is 14.2 Å². The Morgan fingerprint density at radius 2 is 1.84 bits per heavy atom. The second-order valence-electron chi connectivity index (χ2n) is 5.43. The fraction of sp³-hybridized carbons (Fsp3) is 0.625. The van der Waals surface area contributed by atoms with Crippen LogP contribution in [0.5, 0.6) is 5.75 Å². The SMILES string of the molecule is CCNC(c1ccc(C)c(C)c1OC)C(C)(C)OC. The predicted octanol–water partition coefficient (Wildman–Crippen LogP) is 3.39. The molecule has 0 bridgehead atoms. The highest BCUT2D eigenvalue weighted by molar-refractivity contribution is 5.47. The van der Waals surface area contributed by atoms with Gasteiger partial charge in [-0.15, -0.1) is 0 Å². The van der Waals surface area contributed by atoms with Crippen LogP contribution >= 0.6 is 0 Å². The van der Waals surface area contributed by atoms with Crippen LogP contribution < -0.4 is 10.1 Å². The quantitative estimate of drug-likeness (QED) is 0.855. The van der Waals surface area contributed by atoms with Crippen LogP contribution in [0, 0.1) is 13.8 Å². The third-order valence-electron chi connectivity index (χ3n) is 3.85. The van der Waals surface area contributed by atoms with E-state index < -0.39 is 0 Å². The van der Waals surface area contributed by atoms with Crippen LogP contribution in [0.1, 0.15) is 43.5 Å². The summed E-state index contributed by atoms with van der Waals surface area (Å²) in [5.41, 5.74) is 3.28. The van der Waals surface area contributed by atoms with Crippen molar-refractivity contribution in [1.82, 2.24) is 5.32 Å². The van der Waals surface area contributed by atoms with Gasteiger partial charge in [0.05, 0.1) is 18.8 Å². The molecule has 1 rings (SSSR count). The van der Waals surface area contributed by atoms with Gasteiger partial charge in [-0.1, -0.05) is 19.1 Å². The van der Waals surface area contributed by atoms with E-state index in [2.05, 4.69) is 52.1 Å². The average molecular weight is 265 g/mol. The number of hydrogen-bond donors (Lipinski definition) is 1. The highest BCUT2D eigenvalue weighted by Gasteiger charge is 2.32. The Hall–Kier alpha value is -1.06. The molecule has 0 aromatic heterocycles. The summed E-state index contributed by atoms with van der Waals surface area (Å²) < 4.78 is 11.3. The zero-order valence-corrected chi connectivity index (χ0v) is 13.3. The Kier molecular flexibility index (Phi) is 5.39. The Morgan fingerprint density at radius 1 is 1.21 bits per heavy atom. The minimum absolute atomic E-state index is 0.0942. The highest BCUT2D eigenvalue weighted by atomic mass is 16.5. The fourth-order valence-electron chi connectivity index (χ4n) is 2.36. The summed E-state index contributed by atoms with van der Waals surface area (Å²) >= 11 is 0. The van der Waals surface area contributed by atoms with Crippen molar-refractivity contribution in [2.45, 2.75) is 46.3 Å². The second kappa shape index (κ2) is 6.40. The molecule has 0 aliphatic carbocycles. The molecule has 19 heavy (non-hydrogen) atoms. The van der Waals surface area contributed by atoms with Gasteiger partial charge < -0.3 is 14.8 Å². The number of ether oxygens (including phenoxy) is 2. The van der Waals surface area contributed by atoms with Gasteiger partial charge in [-0.25, -0.2) is 0 Å². The third kappa shape index (κ3) is 3.28. The number of methoxy groups -OCH3 is 2. The summed E-state index contributed by atoms with van der Waals surface area (Å²) in [6.45, 7) is 11.4. The summed E-state index contributed by atoms with van der Waals surface area (Å²) in [5.74, 6) is 0.955. The van der Waals surface area contributed by atoms with E-state index in [1.165, 1.54) is 11.1 Å². The van der Waals surface area contributed by atoms with E-state index in [0.717, 1.165) is 17.9 Å². The number of benzene rings is 1. The molecule has 0 aliphatic heterocycles. The van der Waals surface area contributed by atoms with E-state index in [0.29, 0.717) is 0 Å². The van der Waals surface area contributed by atoms with Crippen molar-refractivity contribution in [3.63, 3.8) is 0 Å². The summed E-state index contributed by atoms with van der Waals surface area (Å²) in [6, 6.07) is 4.37. The Bertz CT molecular complexity index is 427. The van der Waals surface area contributed by atoms with Gasteiger partial charge in [0.15, 0.2) is 0 Å². The third-order valence-corrected chi connectivity index (χ3v) is 3.85. The van der Waals surface area contributed by atoms with Crippen molar-refractivity contribution >= 4 is 0 Å². The van der Waals surface area contributed by atoms with Crippen molar-refractivity contribution in [2.75, 3.05) is 20.8 Å². The van der Waals surface area contributed by atoms with Crippen molar-refractivity contribution in [2.24, 2.45) is 0 Å². The van der Waals surface area contributed by atoms with E-state index in [4.69, 9.17) is 9.47 Å². The minimum Gasteiger partial charge on any atom is -0.496 e. The highest BCUT2D eigenvalue weighted by Crippen LogP contribution is 2.37. The van der Waals surface area contributed by atoms with Crippen LogP contribution in [0.3, 0.4) is 0 Å². The molecule has 3 nitrogen and oxygen atoms in total. The summed E-state index contributed by atoms with van der Waals surface area (Å²) in [4.78, 5) is 0. The first-order chi connectivity index (χ1) is 8.88. The fourth-order valence-corrected chi connectivity index (χ4v) is 2.36. The van der Waals surface area contributed by atoms with E-state index >= 15 is 0 Å². The lowest BCUT2D eigenvalue weighted by Gasteiger charge is -2.35. The molecular formula is C16H27NO2. The molecule has 0 saturated heterocycles. The van der Waals surface area contributed by atoms with E-state index in [1.807, 2.05) is 0 Å². The van der Waals surface area contributed by atoms with E-state index in [9.17, 15) is 0 Å². The maximum absolute atomic E-state index is 5.66. The summed E-state index contributed by atoms with van der Waals surface area (Å²) in [6.07, 6.45) is 0. The molecule has 0 spiro atoms. The van der Waals surface area contributed by atoms with Gasteiger partial charge in [0.2, 0.25) is 0 Å². The van der Waals surface area contributed by atoms with Crippen molar-refractivity contribution in [1.29, 1.82) is 0 Å². The molecule has 1 atom stereocenters. The molecule has 0 aliphatic rings. The van der Waals surface area contributed by atoms with Gasteiger partial charge in [-0.05, 0) is 45.4 Å². The average Bonchev–Trinajstić information content (AvgIpc) is 2.39. The van der Waals surface area contributed by atoms with Crippen LogP contribution in [0.25, 0.3) is 0 Å².